The summed E-state index contributed by atoms with van der Waals surface area (Å²) < 4.78 is 7.03. The van der Waals surface area contributed by atoms with Crippen LogP contribution in [0.3, 0.4) is 0 Å². The molecule has 0 bridgehead atoms. The van der Waals surface area contributed by atoms with E-state index in [9.17, 15) is 5.11 Å². The van der Waals surface area contributed by atoms with Gasteiger partial charge in [-0.3, -0.25) is 4.53 Å². The Morgan fingerprint density at radius 1 is 1.00 bits per heavy atom. The molecule has 6 heteroatoms. The molecule has 1 atom stereocenters. The molecular formula is C26H36NO3Si2+. The molecule has 3 rings (SSSR count). The zero-order chi connectivity index (χ0) is 23.4. The lowest BCUT2D eigenvalue weighted by atomic mass is 10.1. The Kier molecular flexibility index (Phi) is 7.33. The summed E-state index contributed by atoms with van der Waals surface area (Å²) in [5.41, 5.74) is 4.31. The van der Waals surface area contributed by atoms with Gasteiger partial charge in [-0.15, -0.1) is 5.54 Å². The van der Waals surface area contributed by atoms with Crippen molar-refractivity contribution in [3.8, 4) is 11.5 Å². The monoisotopic (exact) mass is 466 g/mol. The third-order valence-corrected chi connectivity index (χ3v) is 11.3. The van der Waals surface area contributed by atoms with Gasteiger partial charge in [-0.2, -0.15) is 0 Å². The molecule has 0 aliphatic carbocycles. The first-order valence-electron chi connectivity index (χ1n) is 11.3. The zero-order valence-electron chi connectivity index (χ0n) is 20.2. The van der Waals surface area contributed by atoms with E-state index in [1.165, 1.54) is 10.4 Å². The van der Waals surface area contributed by atoms with E-state index in [1.54, 1.807) is 4.90 Å². The van der Waals surface area contributed by atoms with Gasteiger partial charge in [-0.1, -0.05) is 101 Å². The summed E-state index contributed by atoms with van der Waals surface area (Å²) in [4.78, 5) is 7.84. The normalized spacial score (nSPS) is 16.9. The number of benzene rings is 2. The van der Waals surface area contributed by atoms with Crippen molar-refractivity contribution >= 4 is 32.5 Å². The van der Waals surface area contributed by atoms with Crippen LogP contribution in [0.25, 0.3) is 0 Å². The maximum absolute atomic E-state index is 9.51. The molecule has 0 unspecified atom stereocenters. The number of aliphatic hydroxyl groups excluding tert-OH is 1. The van der Waals surface area contributed by atoms with Crippen LogP contribution in [-0.4, -0.2) is 44.8 Å². The van der Waals surface area contributed by atoms with Crippen LogP contribution in [0.4, 0.5) is 0 Å². The van der Waals surface area contributed by atoms with Crippen LogP contribution < -0.4 is 10.4 Å². The lowest BCUT2D eigenvalue weighted by Crippen LogP contribution is -2.67. The molecule has 1 N–H and O–H groups in total. The van der Waals surface area contributed by atoms with Crippen LogP contribution in [0.5, 0.6) is 0 Å². The Labute approximate surface area is 195 Å². The fraction of sp³-hybridized carbons (Fsp3) is 0.423. The fourth-order valence-corrected chi connectivity index (χ4v) is 8.80. The van der Waals surface area contributed by atoms with Crippen LogP contribution in [0.15, 0.2) is 60.7 Å². The summed E-state index contributed by atoms with van der Waals surface area (Å²) in [6.07, 6.45) is 1.07. The average molecular weight is 467 g/mol. The summed E-state index contributed by atoms with van der Waals surface area (Å²) in [6.45, 7) is 13.5. The summed E-state index contributed by atoms with van der Waals surface area (Å²) in [5, 5.41) is 11.7. The van der Waals surface area contributed by atoms with Gasteiger partial charge in [-0.25, -0.2) is 4.84 Å². The summed E-state index contributed by atoms with van der Waals surface area (Å²) in [6, 6.07) is 21.0. The van der Waals surface area contributed by atoms with Crippen molar-refractivity contribution in [2.75, 3.05) is 6.61 Å². The van der Waals surface area contributed by atoms with Crippen LogP contribution in [0, 0.1) is 11.5 Å². The minimum absolute atomic E-state index is 0.0758. The highest BCUT2D eigenvalue weighted by Gasteiger charge is 2.59. The van der Waals surface area contributed by atoms with E-state index >= 15 is 0 Å². The molecule has 170 valence electrons. The van der Waals surface area contributed by atoms with Crippen LogP contribution in [0.2, 0.25) is 24.7 Å². The van der Waals surface area contributed by atoms with Gasteiger partial charge in [0, 0.05) is 24.0 Å². The van der Waals surface area contributed by atoms with Crippen molar-refractivity contribution in [1.29, 1.82) is 0 Å². The molecule has 0 saturated heterocycles. The topological polar surface area (TPSA) is 41.7 Å². The molecule has 1 aliphatic rings. The summed E-state index contributed by atoms with van der Waals surface area (Å²) in [5.74, 6) is 3.38. The van der Waals surface area contributed by atoms with E-state index in [1.807, 2.05) is 12.1 Å². The van der Waals surface area contributed by atoms with Crippen LogP contribution >= 0.6 is 0 Å². The van der Waals surface area contributed by atoms with Crippen molar-refractivity contribution < 1.29 is 19.4 Å². The van der Waals surface area contributed by atoms with E-state index in [-0.39, 0.29) is 17.7 Å². The van der Waals surface area contributed by atoms with Gasteiger partial charge in [-0.05, 0) is 10.4 Å². The first-order valence-corrected chi connectivity index (χ1v) is 16.7. The second-order valence-electron chi connectivity index (χ2n) is 10.4. The van der Waals surface area contributed by atoms with Crippen LogP contribution in [0.1, 0.15) is 33.6 Å². The highest BCUT2D eigenvalue weighted by Crippen LogP contribution is 2.37. The molecule has 2 aromatic carbocycles. The van der Waals surface area contributed by atoms with E-state index < -0.39 is 16.4 Å². The van der Waals surface area contributed by atoms with Crippen molar-refractivity contribution in [3.63, 3.8) is 0 Å². The highest BCUT2D eigenvalue weighted by molar-refractivity contribution is 6.99. The van der Waals surface area contributed by atoms with E-state index in [0.717, 1.165) is 5.71 Å². The Hall–Kier alpha value is -2.34. The van der Waals surface area contributed by atoms with Gasteiger partial charge >= 0.3 is 14.0 Å². The standard InChI is InChI=1S/C26H36NO3Si2/c1-26(2,3)32(24-13-9-7-10-14-24,25-15-11-8-12-16-25)30-27-22(18-20-31(4,5)6)21-23(29-27)17-19-28/h7-16,23,28H,17,19,21H2,1-6H3/q+1/t23-/m1/s1. The number of hydrogen-bond donors (Lipinski definition) is 1. The van der Waals surface area contributed by atoms with Crippen molar-refractivity contribution in [1.82, 2.24) is 0 Å². The predicted molar refractivity (Wildman–Crippen MR) is 136 cm³/mol. The third kappa shape index (κ3) is 5.34. The van der Waals surface area contributed by atoms with E-state index in [4.69, 9.17) is 9.36 Å². The molecule has 0 aromatic heterocycles. The first-order chi connectivity index (χ1) is 15.1. The molecule has 4 nitrogen and oxygen atoms in total. The fourth-order valence-electron chi connectivity index (χ4n) is 4.00. The third-order valence-electron chi connectivity index (χ3n) is 5.56. The largest absolute Gasteiger partial charge is 0.419 e. The first kappa shape index (κ1) is 24.3. The molecule has 1 heterocycles. The Morgan fingerprint density at radius 2 is 1.53 bits per heavy atom. The quantitative estimate of drug-likeness (QED) is 0.519. The van der Waals surface area contributed by atoms with Crippen LogP contribution in [-0.2, 0) is 9.36 Å². The number of aliphatic hydroxyl groups is 1. The van der Waals surface area contributed by atoms with E-state index in [2.05, 4.69) is 100 Å². The molecule has 0 saturated carbocycles. The Bertz CT molecular complexity index is 957. The van der Waals surface area contributed by atoms with Gasteiger partial charge in [0.2, 0.25) is 0 Å². The number of hydrogen-bond acceptors (Lipinski definition) is 3. The number of nitrogens with zero attached hydrogens (tertiary/aromatic N) is 1. The smallest absolute Gasteiger partial charge is 0.396 e. The molecule has 2 aromatic rings. The van der Waals surface area contributed by atoms with Gasteiger partial charge < -0.3 is 5.11 Å². The Morgan fingerprint density at radius 3 is 1.97 bits per heavy atom. The molecule has 32 heavy (non-hydrogen) atoms. The maximum Gasteiger partial charge on any atom is 0.419 e. The average Bonchev–Trinajstić information content (AvgIpc) is 3.12. The molecular weight excluding hydrogens is 430 g/mol. The highest BCUT2D eigenvalue weighted by atomic mass is 28.4. The summed E-state index contributed by atoms with van der Waals surface area (Å²) >= 11 is 0. The van der Waals surface area contributed by atoms with Gasteiger partial charge in [0.05, 0.1) is 6.42 Å². The lowest BCUT2D eigenvalue weighted by Gasteiger charge is -2.37. The second-order valence-corrected chi connectivity index (χ2v) is 19.4. The molecule has 0 amide bonds. The van der Waals surface area contributed by atoms with Gasteiger partial charge in [0.15, 0.2) is 11.0 Å². The van der Waals surface area contributed by atoms with Gasteiger partial charge in [0.25, 0.3) is 0 Å². The van der Waals surface area contributed by atoms with Crippen molar-refractivity contribution in [2.24, 2.45) is 0 Å². The summed E-state index contributed by atoms with van der Waals surface area (Å²) in [7, 11) is -4.40. The predicted octanol–water partition coefficient (Wildman–Crippen LogP) is 3.90. The SMILES string of the molecule is CC(C)(C)[Si](O[N+]1=C(C#C[Si](C)(C)C)C[C@@H](CCO)O1)(c1ccccc1)c1ccccc1. The van der Waals surface area contributed by atoms with Crippen molar-refractivity contribution in [2.45, 2.75) is 64.4 Å². The van der Waals surface area contributed by atoms with Gasteiger partial charge in [0.1, 0.15) is 8.07 Å². The second kappa shape index (κ2) is 9.66. The number of rotatable bonds is 6. The molecule has 0 spiro atoms. The molecule has 1 aliphatic heterocycles. The Balaban J connectivity index is 2.19. The van der Waals surface area contributed by atoms with Crippen molar-refractivity contribution in [3.05, 3.63) is 60.7 Å². The lowest BCUT2D eigenvalue weighted by molar-refractivity contribution is -0.943. The molecule has 0 fully saturated rings. The van der Waals surface area contributed by atoms with E-state index in [0.29, 0.717) is 12.8 Å². The molecule has 0 radical (unpaired) electrons. The maximum atomic E-state index is 9.51. The minimum Gasteiger partial charge on any atom is -0.396 e. The minimum atomic E-state index is -2.82. The zero-order valence-corrected chi connectivity index (χ0v) is 22.2.